The van der Waals surface area contributed by atoms with E-state index >= 15 is 0 Å². The predicted octanol–water partition coefficient (Wildman–Crippen LogP) is 0.781. The van der Waals surface area contributed by atoms with E-state index in [1.165, 1.54) is 6.42 Å². The number of carboxylic acid groups (broad SMARTS) is 1. The highest BCUT2D eigenvalue weighted by molar-refractivity contribution is 5.66. The predicted molar refractivity (Wildman–Crippen MR) is 59.9 cm³/mol. The van der Waals surface area contributed by atoms with Crippen molar-refractivity contribution in [1.29, 1.82) is 0 Å². The van der Waals surface area contributed by atoms with Gasteiger partial charge in [-0.3, -0.25) is 9.69 Å². The number of hydrogen-bond donors (Lipinski definition) is 2. The van der Waals surface area contributed by atoms with Gasteiger partial charge in [-0.1, -0.05) is 13.8 Å². The van der Waals surface area contributed by atoms with Crippen molar-refractivity contribution in [2.45, 2.75) is 32.7 Å². The zero-order valence-corrected chi connectivity index (χ0v) is 9.70. The summed E-state index contributed by atoms with van der Waals surface area (Å²) in [7, 11) is 0. The van der Waals surface area contributed by atoms with Gasteiger partial charge in [-0.25, -0.2) is 0 Å². The Morgan fingerprint density at radius 1 is 1.60 bits per heavy atom. The topological polar surface area (TPSA) is 52.6 Å². The summed E-state index contributed by atoms with van der Waals surface area (Å²) in [5.74, 6) is -0.00383. The number of nitrogens with zero attached hydrogens (tertiary/aromatic N) is 1. The van der Waals surface area contributed by atoms with Crippen molar-refractivity contribution in [1.82, 2.24) is 10.2 Å². The monoisotopic (exact) mass is 214 g/mol. The van der Waals surface area contributed by atoms with Gasteiger partial charge >= 0.3 is 5.97 Å². The minimum Gasteiger partial charge on any atom is -0.481 e. The molecule has 1 heterocycles. The minimum atomic E-state index is -0.700. The van der Waals surface area contributed by atoms with E-state index in [2.05, 4.69) is 24.1 Å². The van der Waals surface area contributed by atoms with Crippen molar-refractivity contribution < 1.29 is 9.90 Å². The number of rotatable bonds is 5. The highest BCUT2D eigenvalue weighted by atomic mass is 16.4. The van der Waals surface area contributed by atoms with Gasteiger partial charge in [0, 0.05) is 32.2 Å². The molecule has 1 fully saturated rings. The first-order valence-corrected chi connectivity index (χ1v) is 5.75. The van der Waals surface area contributed by atoms with Crippen LogP contribution in [-0.4, -0.2) is 48.2 Å². The van der Waals surface area contributed by atoms with Gasteiger partial charge in [-0.15, -0.1) is 0 Å². The van der Waals surface area contributed by atoms with Crippen LogP contribution in [0.3, 0.4) is 0 Å². The number of piperazine rings is 1. The van der Waals surface area contributed by atoms with Crippen molar-refractivity contribution in [2.75, 3.05) is 26.2 Å². The summed E-state index contributed by atoms with van der Waals surface area (Å²) in [4.78, 5) is 12.7. The Kier molecular flexibility index (Phi) is 5.05. The molecule has 0 bridgehead atoms. The van der Waals surface area contributed by atoms with Crippen molar-refractivity contribution in [3.05, 3.63) is 0 Å². The fourth-order valence-corrected chi connectivity index (χ4v) is 2.08. The summed E-state index contributed by atoms with van der Waals surface area (Å²) < 4.78 is 0. The Labute approximate surface area is 91.6 Å². The van der Waals surface area contributed by atoms with E-state index in [-0.39, 0.29) is 6.42 Å². The Balaban J connectivity index is 2.25. The van der Waals surface area contributed by atoms with E-state index in [0.717, 1.165) is 19.6 Å². The first kappa shape index (κ1) is 12.5. The normalized spacial score (nSPS) is 23.3. The van der Waals surface area contributed by atoms with Crippen LogP contribution in [-0.2, 0) is 4.79 Å². The van der Waals surface area contributed by atoms with Crippen LogP contribution in [0.2, 0.25) is 0 Å². The van der Waals surface area contributed by atoms with Gasteiger partial charge in [0.2, 0.25) is 0 Å². The molecule has 0 aromatic carbocycles. The molecular weight excluding hydrogens is 192 g/mol. The number of aliphatic carboxylic acids is 1. The molecule has 1 aliphatic rings. The summed E-state index contributed by atoms with van der Waals surface area (Å²) >= 11 is 0. The Morgan fingerprint density at radius 3 is 2.93 bits per heavy atom. The maximum Gasteiger partial charge on any atom is 0.304 e. The van der Waals surface area contributed by atoms with E-state index in [0.29, 0.717) is 18.5 Å². The van der Waals surface area contributed by atoms with Crippen LogP contribution in [0.1, 0.15) is 26.7 Å². The molecule has 88 valence electrons. The quantitative estimate of drug-likeness (QED) is 0.710. The molecule has 4 nitrogen and oxygen atoms in total. The summed E-state index contributed by atoms with van der Waals surface area (Å²) in [6, 6.07) is 0.535. The molecule has 2 N–H and O–H groups in total. The SMILES string of the molecule is CC(C)C[C@H]1CN(CCC(=O)O)CCN1. The molecule has 0 saturated carbocycles. The molecule has 0 unspecified atom stereocenters. The number of nitrogens with one attached hydrogen (secondary N) is 1. The van der Waals surface area contributed by atoms with E-state index in [1.807, 2.05) is 0 Å². The van der Waals surface area contributed by atoms with Gasteiger partial charge in [-0.2, -0.15) is 0 Å². The average molecular weight is 214 g/mol. The van der Waals surface area contributed by atoms with Crippen LogP contribution in [0.25, 0.3) is 0 Å². The lowest BCUT2D eigenvalue weighted by atomic mass is 10.0. The van der Waals surface area contributed by atoms with Gasteiger partial charge < -0.3 is 10.4 Å². The van der Waals surface area contributed by atoms with E-state index in [1.54, 1.807) is 0 Å². The largest absolute Gasteiger partial charge is 0.481 e. The molecule has 0 aromatic heterocycles. The lowest BCUT2D eigenvalue weighted by Gasteiger charge is -2.34. The van der Waals surface area contributed by atoms with Gasteiger partial charge in [0.1, 0.15) is 0 Å². The molecule has 0 aliphatic carbocycles. The van der Waals surface area contributed by atoms with Crippen LogP contribution in [0.5, 0.6) is 0 Å². The Morgan fingerprint density at radius 2 is 2.33 bits per heavy atom. The van der Waals surface area contributed by atoms with Crippen LogP contribution in [0.15, 0.2) is 0 Å². The maximum atomic E-state index is 10.5. The third-order valence-corrected chi connectivity index (χ3v) is 2.74. The zero-order valence-electron chi connectivity index (χ0n) is 9.70. The van der Waals surface area contributed by atoms with Gasteiger partial charge in [0.15, 0.2) is 0 Å². The molecular formula is C11H22N2O2. The smallest absolute Gasteiger partial charge is 0.304 e. The average Bonchev–Trinajstić information content (AvgIpc) is 2.14. The third kappa shape index (κ3) is 5.14. The Bertz CT molecular complexity index is 207. The second-order valence-corrected chi connectivity index (χ2v) is 4.72. The molecule has 1 rings (SSSR count). The molecule has 0 amide bonds. The molecule has 1 aliphatic heterocycles. The van der Waals surface area contributed by atoms with E-state index in [9.17, 15) is 4.79 Å². The minimum absolute atomic E-state index is 0.258. The summed E-state index contributed by atoms with van der Waals surface area (Å²) in [5, 5.41) is 12.1. The van der Waals surface area contributed by atoms with E-state index in [4.69, 9.17) is 5.11 Å². The maximum absolute atomic E-state index is 10.5. The van der Waals surface area contributed by atoms with Gasteiger partial charge in [-0.05, 0) is 12.3 Å². The van der Waals surface area contributed by atoms with Crippen LogP contribution in [0, 0.1) is 5.92 Å². The molecule has 0 aromatic rings. The number of hydrogen-bond acceptors (Lipinski definition) is 3. The standard InChI is InChI=1S/C11H22N2O2/c1-9(2)7-10-8-13(6-4-12-10)5-3-11(14)15/h9-10,12H,3-8H2,1-2H3,(H,14,15)/t10-/m0/s1. The van der Waals surface area contributed by atoms with Gasteiger partial charge in [0.25, 0.3) is 0 Å². The van der Waals surface area contributed by atoms with Crippen molar-refractivity contribution in [3.8, 4) is 0 Å². The van der Waals surface area contributed by atoms with Crippen molar-refractivity contribution >= 4 is 5.97 Å². The molecule has 0 spiro atoms. The highest BCUT2D eigenvalue weighted by Gasteiger charge is 2.19. The van der Waals surface area contributed by atoms with Crippen molar-refractivity contribution in [3.63, 3.8) is 0 Å². The summed E-state index contributed by atoms with van der Waals surface area (Å²) in [6.07, 6.45) is 1.43. The molecule has 15 heavy (non-hydrogen) atoms. The first-order valence-electron chi connectivity index (χ1n) is 5.75. The van der Waals surface area contributed by atoms with Crippen LogP contribution >= 0.6 is 0 Å². The zero-order chi connectivity index (χ0) is 11.3. The number of carboxylic acids is 1. The summed E-state index contributed by atoms with van der Waals surface area (Å²) in [5.41, 5.74) is 0. The Hall–Kier alpha value is -0.610. The van der Waals surface area contributed by atoms with Crippen LogP contribution < -0.4 is 5.32 Å². The fraction of sp³-hybridized carbons (Fsp3) is 0.909. The molecule has 1 atom stereocenters. The van der Waals surface area contributed by atoms with Crippen LogP contribution in [0.4, 0.5) is 0 Å². The summed E-state index contributed by atoms with van der Waals surface area (Å²) in [6.45, 7) is 8.08. The molecule has 1 saturated heterocycles. The van der Waals surface area contributed by atoms with Crippen molar-refractivity contribution in [2.24, 2.45) is 5.92 Å². The second kappa shape index (κ2) is 6.08. The fourth-order valence-electron chi connectivity index (χ4n) is 2.08. The van der Waals surface area contributed by atoms with Gasteiger partial charge in [0.05, 0.1) is 6.42 Å². The second-order valence-electron chi connectivity index (χ2n) is 4.72. The highest BCUT2D eigenvalue weighted by Crippen LogP contribution is 2.09. The first-order chi connectivity index (χ1) is 7.08. The lowest BCUT2D eigenvalue weighted by molar-refractivity contribution is -0.137. The number of carbonyl (C=O) groups is 1. The molecule has 0 radical (unpaired) electrons. The third-order valence-electron chi connectivity index (χ3n) is 2.74. The molecule has 4 heteroatoms. The van der Waals surface area contributed by atoms with E-state index < -0.39 is 5.97 Å². The lowest BCUT2D eigenvalue weighted by Crippen LogP contribution is -2.51.